The number of hydrogen-bond donors (Lipinski definition) is 0. The van der Waals surface area contributed by atoms with E-state index in [9.17, 15) is 4.79 Å². The Bertz CT molecular complexity index is 256. The zero-order valence-electron chi connectivity index (χ0n) is 5.95. The Labute approximate surface area is 64.0 Å². The van der Waals surface area contributed by atoms with Crippen LogP contribution in [-0.2, 0) is 14.3 Å². The molecule has 3 nitrogen and oxygen atoms in total. The summed E-state index contributed by atoms with van der Waals surface area (Å²) in [6.07, 6.45) is 3.54. The number of hydrogen-bond acceptors (Lipinski definition) is 3. The molecule has 0 aromatic carbocycles. The highest BCUT2D eigenvalue weighted by molar-refractivity contribution is 5.91. The molecule has 1 aliphatic carbocycles. The largest absolute Gasteiger partial charge is 0.462 e. The predicted molar refractivity (Wildman–Crippen MR) is 35.8 cm³/mol. The molecule has 0 radical (unpaired) electrons. The van der Waals surface area contributed by atoms with E-state index in [1.165, 1.54) is 0 Å². The van der Waals surface area contributed by atoms with Gasteiger partial charge >= 0.3 is 5.97 Å². The van der Waals surface area contributed by atoms with Crippen molar-refractivity contribution in [1.29, 1.82) is 0 Å². The van der Waals surface area contributed by atoms with Gasteiger partial charge in [0.1, 0.15) is 6.61 Å². The third-order valence-electron chi connectivity index (χ3n) is 2.62. The fourth-order valence-corrected chi connectivity index (χ4v) is 1.94. The summed E-state index contributed by atoms with van der Waals surface area (Å²) >= 11 is 0. The van der Waals surface area contributed by atoms with Crippen molar-refractivity contribution in [3.8, 4) is 0 Å². The third-order valence-corrected chi connectivity index (χ3v) is 2.62. The number of carbonyl (C=O) groups is 1. The molecule has 3 rings (SSSR count). The number of esters is 1. The molecule has 2 fully saturated rings. The van der Waals surface area contributed by atoms with E-state index in [0.717, 1.165) is 12.0 Å². The molecule has 3 heteroatoms. The van der Waals surface area contributed by atoms with Gasteiger partial charge in [0.2, 0.25) is 0 Å². The molecule has 0 spiro atoms. The molecule has 0 aromatic heterocycles. The molecule has 3 unspecified atom stereocenters. The van der Waals surface area contributed by atoms with Gasteiger partial charge in [0.15, 0.2) is 0 Å². The summed E-state index contributed by atoms with van der Waals surface area (Å²) in [6, 6.07) is 0. The highest BCUT2D eigenvalue weighted by atomic mass is 16.6. The number of epoxide rings is 1. The summed E-state index contributed by atoms with van der Waals surface area (Å²) in [7, 11) is 0. The van der Waals surface area contributed by atoms with E-state index in [-0.39, 0.29) is 11.9 Å². The summed E-state index contributed by atoms with van der Waals surface area (Å²) in [5.41, 5.74) is 0.851. The molecule has 0 aromatic rings. The number of rotatable bonds is 0. The van der Waals surface area contributed by atoms with Gasteiger partial charge in [-0.15, -0.1) is 0 Å². The number of fused-ring (bicyclic) bond motifs is 3. The zero-order chi connectivity index (χ0) is 7.42. The van der Waals surface area contributed by atoms with Crippen LogP contribution in [0.3, 0.4) is 0 Å². The van der Waals surface area contributed by atoms with Crippen LogP contribution in [0, 0.1) is 5.92 Å². The van der Waals surface area contributed by atoms with Crippen molar-refractivity contribution in [3.63, 3.8) is 0 Å². The van der Waals surface area contributed by atoms with E-state index in [2.05, 4.69) is 0 Å². The Kier molecular flexibility index (Phi) is 0.874. The molecule has 0 bridgehead atoms. The maximum absolute atomic E-state index is 11.0. The lowest BCUT2D eigenvalue weighted by atomic mass is 9.90. The first kappa shape index (κ1) is 5.77. The van der Waals surface area contributed by atoms with Crippen molar-refractivity contribution in [1.82, 2.24) is 0 Å². The van der Waals surface area contributed by atoms with E-state index in [4.69, 9.17) is 9.47 Å². The lowest BCUT2D eigenvalue weighted by molar-refractivity contribution is -0.135. The van der Waals surface area contributed by atoms with Crippen molar-refractivity contribution >= 4 is 5.97 Å². The summed E-state index contributed by atoms with van der Waals surface area (Å²) in [5, 5.41) is 0. The van der Waals surface area contributed by atoms with Gasteiger partial charge in [-0.25, -0.2) is 4.79 Å². The van der Waals surface area contributed by atoms with Gasteiger partial charge in [0, 0.05) is 5.57 Å². The molecule has 3 atom stereocenters. The smallest absolute Gasteiger partial charge is 0.334 e. The molecular weight excluding hydrogens is 144 g/mol. The van der Waals surface area contributed by atoms with Crippen LogP contribution >= 0.6 is 0 Å². The molecule has 0 N–H and O–H groups in total. The molecule has 0 saturated carbocycles. The average molecular weight is 152 g/mol. The first-order valence-corrected chi connectivity index (χ1v) is 3.89. The Hall–Kier alpha value is -0.830. The van der Waals surface area contributed by atoms with E-state index in [0.29, 0.717) is 18.8 Å². The normalized spacial score (nSPS) is 45.6. The maximum Gasteiger partial charge on any atom is 0.334 e. The topological polar surface area (TPSA) is 38.8 Å². The van der Waals surface area contributed by atoms with E-state index >= 15 is 0 Å². The monoisotopic (exact) mass is 152 g/mol. The molecule has 58 valence electrons. The van der Waals surface area contributed by atoms with Gasteiger partial charge < -0.3 is 9.47 Å². The molecular formula is C8H8O3. The van der Waals surface area contributed by atoms with Gasteiger partial charge in [-0.2, -0.15) is 0 Å². The minimum atomic E-state index is -0.135. The van der Waals surface area contributed by atoms with Crippen LogP contribution in [0.2, 0.25) is 0 Å². The number of cyclic esters (lactones) is 1. The lowest BCUT2D eigenvalue weighted by Gasteiger charge is -2.06. The van der Waals surface area contributed by atoms with E-state index < -0.39 is 0 Å². The maximum atomic E-state index is 11.0. The third kappa shape index (κ3) is 0.639. The van der Waals surface area contributed by atoms with Crippen molar-refractivity contribution in [3.05, 3.63) is 11.6 Å². The Morgan fingerprint density at radius 2 is 2.45 bits per heavy atom. The predicted octanol–water partition coefficient (Wildman–Crippen LogP) is 0.257. The summed E-state index contributed by atoms with van der Waals surface area (Å²) < 4.78 is 10.3. The SMILES string of the molecule is O=C1OCC2C1=CCC1OC12. The second-order valence-electron chi connectivity index (χ2n) is 3.24. The quantitative estimate of drug-likeness (QED) is 0.369. The van der Waals surface area contributed by atoms with Crippen molar-refractivity contribution in [2.24, 2.45) is 5.92 Å². The molecule has 11 heavy (non-hydrogen) atoms. The average Bonchev–Trinajstić information content (AvgIpc) is 2.71. The minimum Gasteiger partial charge on any atom is -0.462 e. The van der Waals surface area contributed by atoms with Crippen LogP contribution in [0.15, 0.2) is 11.6 Å². The fraction of sp³-hybridized carbons (Fsp3) is 0.625. The van der Waals surface area contributed by atoms with Gasteiger partial charge in [-0.1, -0.05) is 6.08 Å². The van der Waals surface area contributed by atoms with Gasteiger partial charge in [0.05, 0.1) is 18.1 Å². The van der Waals surface area contributed by atoms with Gasteiger partial charge in [-0.05, 0) is 6.42 Å². The molecule has 2 heterocycles. The van der Waals surface area contributed by atoms with E-state index in [1.54, 1.807) is 0 Å². The van der Waals surface area contributed by atoms with Crippen LogP contribution in [-0.4, -0.2) is 24.8 Å². The van der Waals surface area contributed by atoms with Crippen LogP contribution < -0.4 is 0 Å². The van der Waals surface area contributed by atoms with Crippen LogP contribution in [0.1, 0.15) is 6.42 Å². The van der Waals surface area contributed by atoms with Gasteiger partial charge in [-0.3, -0.25) is 0 Å². The zero-order valence-corrected chi connectivity index (χ0v) is 5.95. The lowest BCUT2D eigenvalue weighted by Crippen LogP contribution is -2.16. The first-order chi connectivity index (χ1) is 5.36. The Morgan fingerprint density at radius 3 is 3.36 bits per heavy atom. The molecule has 2 aliphatic heterocycles. The summed E-state index contributed by atoms with van der Waals surface area (Å²) in [5.74, 6) is 0.116. The van der Waals surface area contributed by atoms with Gasteiger partial charge in [0.25, 0.3) is 0 Å². The number of carbonyl (C=O) groups excluding carboxylic acids is 1. The van der Waals surface area contributed by atoms with Crippen molar-refractivity contribution in [2.45, 2.75) is 18.6 Å². The minimum absolute atomic E-state index is 0.135. The van der Waals surface area contributed by atoms with Crippen molar-refractivity contribution in [2.75, 3.05) is 6.61 Å². The number of ether oxygens (including phenoxy) is 2. The standard InChI is InChI=1S/C8H8O3/c9-8-4-1-2-6-7(11-6)5(4)3-10-8/h1,5-7H,2-3H2. The highest BCUT2D eigenvalue weighted by Crippen LogP contribution is 2.43. The first-order valence-electron chi connectivity index (χ1n) is 3.89. The second-order valence-corrected chi connectivity index (χ2v) is 3.24. The second kappa shape index (κ2) is 1.67. The van der Waals surface area contributed by atoms with Crippen LogP contribution in [0.25, 0.3) is 0 Å². The highest BCUT2D eigenvalue weighted by Gasteiger charge is 2.52. The molecule has 3 aliphatic rings. The fourth-order valence-electron chi connectivity index (χ4n) is 1.94. The van der Waals surface area contributed by atoms with Crippen LogP contribution in [0.5, 0.6) is 0 Å². The summed E-state index contributed by atoms with van der Waals surface area (Å²) in [4.78, 5) is 11.0. The van der Waals surface area contributed by atoms with E-state index in [1.807, 2.05) is 6.08 Å². The molecule has 2 saturated heterocycles. The molecule has 0 amide bonds. The summed E-state index contributed by atoms with van der Waals surface area (Å²) in [6.45, 7) is 0.534. The van der Waals surface area contributed by atoms with Crippen molar-refractivity contribution < 1.29 is 14.3 Å². The van der Waals surface area contributed by atoms with Crippen LogP contribution in [0.4, 0.5) is 0 Å². The Balaban J connectivity index is 2.00. The Morgan fingerprint density at radius 1 is 1.55 bits per heavy atom.